The lowest BCUT2D eigenvalue weighted by Crippen LogP contribution is -2.53. The van der Waals surface area contributed by atoms with E-state index in [1.54, 1.807) is 14.0 Å². The number of aromatic nitrogens is 1. The number of nitrogens with zero attached hydrogens (tertiary/aromatic N) is 1. The minimum Gasteiger partial charge on any atom is -0.497 e. The molecule has 1 aliphatic heterocycles. The van der Waals surface area contributed by atoms with Crippen molar-refractivity contribution in [1.29, 1.82) is 0 Å². The molecule has 32 heavy (non-hydrogen) atoms. The number of nitrogens with one attached hydrogen (secondary N) is 1. The van der Waals surface area contributed by atoms with Crippen LogP contribution in [-0.2, 0) is 29.2 Å². The number of halogens is 3. The number of aromatic amines is 1. The van der Waals surface area contributed by atoms with Gasteiger partial charge in [-0.1, -0.05) is 19.1 Å². The van der Waals surface area contributed by atoms with Crippen LogP contribution in [0.5, 0.6) is 5.75 Å². The molecule has 174 valence electrons. The fraction of sp³-hybridized carbons (Fsp3) is 0.542. The van der Waals surface area contributed by atoms with Crippen molar-refractivity contribution in [2.75, 3.05) is 33.4 Å². The third-order valence-electron chi connectivity index (χ3n) is 7.12. The Labute approximate surface area is 185 Å². The number of esters is 1. The van der Waals surface area contributed by atoms with Crippen molar-refractivity contribution >= 4 is 5.97 Å². The number of ether oxygens (including phenoxy) is 2. The maximum absolute atomic E-state index is 14.1. The van der Waals surface area contributed by atoms with Gasteiger partial charge in [0.05, 0.1) is 19.3 Å². The fourth-order valence-electron chi connectivity index (χ4n) is 5.53. The summed E-state index contributed by atoms with van der Waals surface area (Å²) in [6.07, 6.45) is -3.14. The summed E-state index contributed by atoms with van der Waals surface area (Å²) in [5, 5.41) is 0. The number of carbonyl (C=O) groups is 1. The zero-order valence-electron chi connectivity index (χ0n) is 18.6. The van der Waals surface area contributed by atoms with Gasteiger partial charge in [0.1, 0.15) is 11.4 Å². The van der Waals surface area contributed by atoms with E-state index in [2.05, 4.69) is 16.8 Å². The van der Waals surface area contributed by atoms with Crippen LogP contribution in [0.2, 0.25) is 0 Å². The van der Waals surface area contributed by atoms with Crippen molar-refractivity contribution in [3.8, 4) is 5.75 Å². The molecule has 2 heterocycles. The van der Waals surface area contributed by atoms with Crippen molar-refractivity contribution in [3.63, 3.8) is 0 Å². The largest absolute Gasteiger partial charge is 0.497 e. The molecule has 1 unspecified atom stereocenters. The highest BCUT2D eigenvalue weighted by molar-refractivity contribution is 5.90. The van der Waals surface area contributed by atoms with Crippen molar-refractivity contribution in [2.24, 2.45) is 5.92 Å². The standard InChI is InChI=1S/C24H29F3N2O3/c1-4-29-10-9-23(15-7-6-8-17(11-15)31-3)13-19-18(12-16(23)14-29)20(24(25,26)27)21(28-19)22(30)32-5-2/h6-8,11,16,28H,4-5,9-10,12-14H2,1-3H3/t16-,23?/m0/s1. The Morgan fingerprint density at radius 1 is 1.31 bits per heavy atom. The van der Waals surface area contributed by atoms with E-state index < -0.39 is 23.4 Å². The number of hydrogen-bond acceptors (Lipinski definition) is 4. The molecule has 2 atom stereocenters. The van der Waals surface area contributed by atoms with E-state index in [4.69, 9.17) is 9.47 Å². The summed E-state index contributed by atoms with van der Waals surface area (Å²) in [4.78, 5) is 17.5. The minimum absolute atomic E-state index is 0.0113. The number of piperidine rings is 1. The van der Waals surface area contributed by atoms with Crippen LogP contribution in [0.1, 0.15) is 53.1 Å². The third-order valence-corrected chi connectivity index (χ3v) is 7.12. The molecule has 1 fully saturated rings. The van der Waals surface area contributed by atoms with Gasteiger partial charge in [0.25, 0.3) is 0 Å². The molecule has 5 nitrogen and oxygen atoms in total. The van der Waals surface area contributed by atoms with Gasteiger partial charge in [-0.2, -0.15) is 13.2 Å². The molecule has 1 aromatic carbocycles. The topological polar surface area (TPSA) is 54.6 Å². The summed E-state index contributed by atoms with van der Waals surface area (Å²) in [6, 6.07) is 7.85. The lowest BCUT2D eigenvalue weighted by molar-refractivity contribution is -0.138. The highest BCUT2D eigenvalue weighted by atomic mass is 19.4. The quantitative estimate of drug-likeness (QED) is 0.677. The number of rotatable bonds is 5. The van der Waals surface area contributed by atoms with Crippen molar-refractivity contribution in [3.05, 3.63) is 52.3 Å². The minimum atomic E-state index is -4.64. The summed E-state index contributed by atoms with van der Waals surface area (Å²) >= 11 is 0. The number of likely N-dealkylation sites (tertiary alicyclic amines) is 1. The average molecular weight is 451 g/mol. The first-order valence-electron chi connectivity index (χ1n) is 11.1. The average Bonchev–Trinajstić information content (AvgIpc) is 3.15. The number of carbonyl (C=O) groups excluding carboxylic acids is 1. The van der Waals surface area contributed by atoms with Crippen LogP contribution in [-0.4, -0.2) is 49.2 Å². The van der Waals surface area contributed by atoms with E-state index >= 15 is 0 Å². The van der Waals surface area contributed by atoms with Gasteiger partial charge >= 0.3 is 12.1 Å². The monoisotopic (exact) mass is 450 g/mol. The van der Waals surface area contributed by atoms with Gasteiger partial charge in [-0.3, -0.25) is 0 Å². The SMILES string of the molecule is CCOC(=O)c1[nH]c2c(c1C(F)(F)F)C[C@H]1CN(CC)CCC1(c1cccc(OC)c1)C2. The molecule has 0 saturated carbocycles. The molecular weight excluding hydrogens is 421 g/mol. The zero-order chi connectivity index (χ0) is 23.1. The van der Waals surface area contributed by atoms with E-state index in [9.17, 15) is 18.0 Å². The second-order valence-electron chi connectivity index (χ2n) is 8.66. The molecule has 0 spiro atoms. The second-order valence-corrected chi connectivity index (χ2v) is 8.66. The van der Waals surface area contributed by atoms with Crippen molar-refractivity contribution < 1.29 is 27.4 Å². The van der Waals surface area contributed by atoms with Crippen LogP contribution < -0.4 is 4.74 Å². The first-order valence-corrected chi connectivity index (χ1v) is 11.1. The number of hydrogen-bond donors (Lipinski definition) is 1. The Morgan fingerprint density at radius 3 is 2.75 bits per heavy atom. The number of benzene rings is 1. The molecule has 0 bridgehead atoms. The molecule has 4 rings (SSSR count). The normalized spacial score (nSPS) is 23.4. The molecule has 1 aliphatic carbocycles. The molecule has 1 saturated heterocycles. The Kier molecular flexibility index (Phi) is 6.00. The Bertz CT molecular complexity index is 1000. The van der Waals surface area contributed by atoms with Gasteiger partial charge < -0.3 is 19.4 Å². The van der Waals surface area contributed by atoms with E-state index in [1.165, 1.54) is 0 Å². The van der Waals surface area contributed by atoms with Crippen LogP contribution in [0.3, 0.4) is 0 Å². The first kappa shape index (κ1) is 22.7. The summed E-state index contributed by atoms with van der Waals surface area (Å²) in [5.74, 6) is -0.236. The maximum atomic E-state index is 14.1. The van der Waals surface area contributed by atoms with Gasteiger partial charge in [0.2, 0.25) is 0 Å². The van der Waals surface area contributed by atoms with Crippen LogP contribution in [0.4, 0.5) is 13.2 Å². The number of alkyl halides is 3. The second kappa shape index (κ2) is 8.46. The molecule has 0 amide bonds. The van der Waals surface area contributed by atoms with Crippen molar-refractivity contribution in [1.82, 2.24) is 9.88 Å². The summed E-state index contributed by atoms with van der Waals surface area (Å²) in [6.45, 7) is 6.11. The lowest BCUT2D eigenvalue weighted by Gasteiger charge is -2.51. The highest BCUT2D eigenvalue weighted by Gasteiger charge is 2.51. The zero-order valence-corrected chi connectivity index (χ0v) is 18.6. The predicted octanol–water partition coefficient (Wildman–Crippen LogP) is 4.60. The Balaban J connectivity index is 1.86. The fourth-order valence-corrected chi connectivity index (χ4v) is 5.53. The summed E-state index contributed by atoms with van der Waals surface area (Å²) in [5.41, 5.74) is 0.109. The summed E-state index contributed by atoms with van der Waals surface area (Å²) in [7, 11) is 1.61. The molecule has 0 radical (unpaired) electrons. The van der Waals surface area contributed by atoms with Crippen LogP contribution in [0, 0.1) is 5.92 Å². The Morgan fingerprint density at radius 2 is 2.09 bits per heavy atom. The van der Waals surface area contributed by atoms with Gasteiger partial charge in [0, 0.05) is 17.7 Å². The number of fused-ring (bicyclic) bond motifs is 2. The molecular formula is C24H29F3N2O3. The van der Waals surface area contributed by atoms with E-state index in [-0.39, 0.29) is 29.9 Å². The third kappa shape index (κ3) is 3.78. The smallest absolute Gasteiger partial charge is 0.419 e. The Hall–Kier alpha value is -2.48. The van der Waals surface area contributed by atoms with Crippen LogP contribution in [0.15, 0.2) is 24.3 Å². The molecule has 2 aromatic rings. The molecule has 1 aromatic heterocycles. The first-order chi connectivity index (χ1) is 15.2. The lowest BCUT2D eigenvalue weighted by atomic mass is 9.58. The van der Waals surface area contributed by atoms with E-state index in [0.717, 1.165) is 30.8 Å². The molecule has 1 N–H and O–H groups in total. The molecule has 2 aliphatic rings. The van der Waals surface area contributed by atoms with Crippen LogP contribution >= 0.6 is 0 Å². The molecule has 8 heteroatoms. The predicted molar refractivity (Wildman–Crippen MR) is 114 cm³/mol. The van der Waals surface area contributed by atoms with E-state index in [1.807, 2.05) is 24.3 Å². The van der Waals surface area contributed by atoms with Gasteiger partial charge in [-0.25, -0.2) is 4.79 Å². The van der Waals surface area contributed by atoms with Gasteiger partial charge in [-0.05, 0) is 68.5 Å². The van der Waals surface area contributed by atoms with Gasteiger partial charge in [-0.15, -0.1) is 0 Å². The van der Waals surface area contributed by atoms with E-state index in [0.29, 0.717) is 18.7 Å². The van der Waals surface area contributed by atoms with Crippen molar-refractivity contribution in [2.45, 2.75) is 44.7 Å². The maximum Gasteiger partial charge on any atom is 0.419 e. The summed E-state index contributed by atoms with van der Waals surface area (Å²) < 4.78 is 52.7. The number of methoxy groups -OCH3 is 1. The van der Waals surface area contributed by atoms with Gasteiger partial charge in [0.15, 0.2) is 0 Å². The highest BCUT2D eigenvalue weighted by Crippen LogP contribution is 2.51. The number of H-pyrrole nitrogens is 1. The van der Waals surface area contributed by atoms with Crippen LogP contribution in [0.25, 0.3) is 0 Å².